The average Bonchev–Trinajstić information content (AvgIpc) is 3.62. The number of alkyl halides is 5. The Bertz CT molecular complexity index is 1610. The van der Waals surface area contributed by atoms with E-state index in [4.69, 9.17) is 4.98 Å². The zero-order chi connectivity index (χ0) is 32.6. The van der Waals surface area contributed by atoms with Gasteiger partial charge in [-0.25, -0.2) is 18.3 Å². The summed E-state index contributed by atoms with van der Waals surface area (Å²) in [6.45, 7) is 0.567. The van der Waals surface area contributed by atoms with E-state index in [9.17, 15) is 36.3 Å². The Morgan fingerprint density at radius 2 is 1.76 bits per heavy atom. The number of nitrogens with one attached hydrogen (secondary N) is 2. The third-order valence-corrected chi connectivity index (χ3v) is 9.10. The number of amides is 3. The molecule has 2 atom stereocenters. The summed E-state index contributed by atoms with van der Waals surface area (Å²) in [5.41, 5.74) is 2.35. The predicted octanol–water partition coefficient (Wildman–Crippen LogP) is 6.06. The summed E-state index contributed by atoms with van der Waals surface area (Å²) in [4.78, 5) is 44.6. The van der Waals surface area contributed by atoms with Crippen molar-refractivity contribution < 1.29 is 36.3 Å². The number of anilines is 1. The van der Waals surface area contributed by atoms with Crippen LogP contribution in [0.5, 0.6) is 0 Å². The molecule has 46 heavy (non-hydrogen) atoms. The largest absolute Gasteiger partial charge is 0.389 e. The Labute approximate surface area is 261 Å². The molecule has 2 N–H and O–H groups in total. The Balaban J connectivity index is 1.25. The number of imidazole rings is 1. The lowest BCUT2D eigenvalue weighted by atomic mass is 9.81. The molecule has 2 saturated carbocycles. The second kappa shape index (κ2) is 12.6. The molecule has 2 aliphatic carbocycles. The molecule has 1 saturated heterocycles. The first-order chi connectivity index (χ1) is 21.8. The maximum Gasteiger partial charge on any atom is 0.389 e. The first kappa shape index (κ1) is 31.9. The lowest BCUT2D eigenvalue weighted by Gasteiger charge is -2.33. The minimum absolute atomic E-state index is 0.0139. The van der Waals surface area contributed by atoms with E-state index in [0.717, 1.165) is 19.3 Å². The van der Waals surface area contributed by atoms with Crippen molar-refractivity contribution in [3.63, 3.8) is 0 Å². The first-order valence-electron chi connectivity index (χ1n) is 15.7. The number of hydrogen-bond donors (Lipinski definition) is 2. The van der Waals surface area contributed by atoms with Gasteiger partial charge in [-0.1, -0.05) is 6.07 Å². The average molecular weight is 647 g/mol. The molecule has 1 aliphatic heterocycles. The van der Waals surface area contributed by atoms with Crippen molar-refractivity contribution in [1.29, 1.82) is 0 Å². The molecule has 3 amide bonds. The number of rotatable bonds is 10. The molecule has 0 unspecified atom stereocenters. The van der Waals surface area contributed by atoms with Crippen LogP contribution in [-0.2, 0) is 9.59 Å². The smallest absolute Gasteiger partial charge is 0.349 e. The molecule has 246 valence electrons. The lowest BCUT2D eigenvalue weighted by Crippen LogP contribution is -2.37. The minimum atomic E-state index is -4.44. The monoisotopic (exact) mass is 646 g/mol. The van der Waals surface area contributed by atoms with Crippen molar-refractivity contribution >= 4 is 29.1 Å². The van der Waals surface area contributed by atoms with Crippen LogP contribution in [0.1, 0.15) is 97.9 Å². The molecule has 2 aromatic heterocycles. The molecule has 14 heteroatoms. The summed E-state index contributed by atoms with van der Waals surface area (Å²) in [5, 5.41) is 10.2. The van der Waals surface area contributed by atoms with Crippen LogP contribution in [0.25, 0.3) is 5.65 Å². The van der Waals surface area contributed by atoms with Gasteiger partial charge in [-0.2, -0.15) is 18.3 Å². The molecule has 3 heterocycles. The van der Waals surface area contributed by atoms with E-state index < -0.39 is 48.8 Å². The SMILES string of the molecule is O=C(CCC(F)(F)F)N[C@@H](c1cnn2cc([C@@H](NC(=O)c3cccc(N4CCCC4=O)c3)C3CCC(F)(F)CC3)nc2c1)C1CC1. The number of hydrogen-bond acceptors (Lipinski definition) is 5. The molecule has 1 aromatic carbocycles. The van der Waals surface area contributed by atoms with Crippen molar-refractivity contribution in [2.75, 3.05) is 11.4 Å². The summed E-state index contributed by atoms with van der Waals surface area (Å²) in [5.74, 6) is -4.19. The fourth-order valence-corrected chi connectivity index (χ4v) is 6.42. The van der Waals surface area contributed by atoms with Crippen molar-refractivity contribution in [3.8, 4) is 0 Å². The molecule has 3 aliphatic rings. The van der Waals surface area contributed by atoms with Crippen molar-refractivity contribution in [3.05, 3.63) is 59.5 Å². The molecular formula is C32H35F5N6O3. The van der Waals surface area contributed by atoms with Crippen LogP contribution in [-0.4, -0.2) is 51.0 Å². The second-order valence-corrected chi connectivity index (χ2v) is 12.6. The Morgan fingerprint density at radius 1 is 1.02 bits per heavy atom. The van der Waals surface area contributed by atoms with Gasteiger partial charge in [0.1, 0.15) is 0 Å². The van der Waals surface area contributed by atoms with Gasteiger partial charge >= 0.3 is 6.18 Å². The Morgan fingerprint density at radius 3 is 2.43 bits per heavy atom. The van der Waals surface area contributed by atoms with Gasteiger partial charge in [0.25, 0.3) is 5.91 Å². The summed E-state index contributed by atoms with van der Waals surface area (Å²) in [6, 6.07) is 7.19. The number of halogens is 5. The van der Waals surface area contributed by atoms with E-state index in [-0.39, 0.29) is 43.4 Å². The fourth-order valence-electron chi connectivity index (χ4n) is 6.42. The second-order valence-electron chi connectivity index (χ2n) is 12.6. The Kier molecular flexibility index (Phi) is 8.73. The Hall–Kier alpha value is -4.10. The highest BCUT2D eigenvalue weighted by Crippen LogP contribution is 2.43. The normalized spacial score (nSPS) is 20.1. The molecule has 6 rings (SSSR count). The van der Waals surface area contributed by atoms with E-state index >= 15 is 0 Å². The molecule has 0 spiro atoms. The van der Waals surface area contributed by atoms with Gasteiger partial charge in [0.15, 0.2) is 5.65 Å². The summed E-state index contributed by atoms with van der Waals surface area (Å²) in [7, 11) is 0. The van der Waals surface area contributed by atoms with Crippen molar-refractivity contribution in [2.24, 2.45) is 11.8 Å². The van der Waals surface area contributed by atoms with Crippen LogP contribution in [0.3, 0.4) is 0 Å². The van der Waals surface area contributed by atoms with Gasteiger partial charge in [0, 0.05) is 43.5 Å². The number of nitrogens with zero attached hydrogens (tertiary/aromatic N) is 4. The van der Waals surface area contributed by atoms with Crippen LogP contribution in [0.15, 0.2) is 42.7 Å². The van der Waals surface area contributed by atoms with E-state index in [0.29, 0.717) is 41.1 Å². The first-order valence-corrected chi connectivity index (χ1v) is 15.7. The molecule has 9 nitrogen and oxygen atoms in total. The molecule has 3 fully saturated rings. The van der Waals surface area contributed by atoms with Gasteiger partial charge in [-0.3, -0.25) is 14.4 Å². The highest BCUT2D eigenvalue weighted by molar-refractivity contribution is 5.99. The molecule has 3 aromatic rings. The van der Waals surface area contributed by atoms with Crippen LogP contribution >= 0.6 is 0 Å². The lowest BCUT2D eigenvalue weighted by molar-refractivity contribution is -0.144. The summed E-state index contributed by atoms with van der Waals surface area (Å²) in [6.07, 6.45) is -0.657. The maximum absolute atomic E-state index is 14.1. The van der Waals surface area contributed by atoms with Crippen LogP contribution in [0, 0.1) is 11.8 Å². The maximum atomic E-state index is 14.1. The zero-order valence-electron chi connectivity index (χ0n) is 25.0. The quantitative estimate of drug-likeness (QED) is 0.260. The van der Waals surface area contributed by atoms with Crippen LogP contribution in [0.2, 0.25) is 0 Å². The summed E-state index contributed by atoms with van der Waals surface area (Å²) < 4.78 is 67.7. The number of carbonyl (C=O) groups is 3. The van der Waals surface area contributed by atoms with Crippen LogP contribution < -0.4 is 15.5 Å². The van der Waals surface area contributed by atoms with Gasteiger partial charge < -0.3 is 15.5 Å². The molecule has 0 radical (unpaired) electrons. The van der Waals surface area contributed by atoms with Crippen molar-refractivity contribution in [2.45, 2.75) is 88.4 Å². The number of benzene rings is 1. The third-order valence-electron chi connectivity index (χ3n) is 9.10. The van der Waals surface area contributed by atoms with E-state index in [1.54, 1.807) is 41.4 Å². The van der Waals surface area contributed by atoms with E-state index in [1.165, 1.54) is 10.7 Å². The topological polar surface area (TPSA) is 109 Å². The fraction of sp³-hybridized carbons (Fsp3) is 0.531. The number of fused-ring (bicyclic) bond motifs is 1. The minimum Gasteiger partial charge on any atom is -0.349 e. The highest BCUT2D eigenvalue weighted by Gasteiger charge is 2.40. The van der Waals surface area contributed by atoms with Gasteiger partial charge in [0.05, 0.1) is 36.6 Å². The molecule has 0 bridgehead atoms. The van der Waals surface area contributed by atoms with Crippen LogP contribution in [0.4, 0.5) is 27.6 Å². The van der Waals surface area contributed by atoms with E-state index in [2.05, 4.69) is 15.7 Å². The summed E-state index contributed by atoms with van der Waals surface area (Å²) >= 11 is 0. The van der Waals surface area contributed by atoms with Crippen molar-refractivity contribution in [1.82, 2.24) is 25.2 Å². The van der Waals surface area contributed by atoms with Gasteiger partial charge in [0.2, 0.25) is 17.7 Å². The van der Waals surface area contributed by atoms with Gasteiger partial charge in [-0.05, 0) is 73.8 Å². The molecular weight excluding hydrogens is 611 g/mol. The van der Waals surface area contributed by atoms with Gasteiger partial charge in [-0.15, -0.1) is 0 Å². The number of aromatic nitrogens is 3. The predicted molar refractivity (Wildman–Crippen MR) is 157 cm³/mol. The zero-order valence-corrected chi connectivity index (χ0v) is 25.0. The third kappa shape index (κ3) is 7.47. The van der Waals surface area contributed by atoms with E-state index in [1.807, 2.05) is 0 Å². The standard InChI is InChI=1S/C32H35F5N6O3/c33-31(34)11-8-20(9-12-31)29(41-30(46)21-3-1-4-23(15-21)42-14-2-5-27(42)45)24-18-43-25(39-24)16-22(17-38-43)28(19-6-7-19)40-26(44)10-13-32(35,36)37/h1,3-4,15-20,28-29H,2,5-14H2,(H,40,44)(H,41,46)/t28-,29+/m1/s1. The number of carbonyl (C=O) groups excluding carboxylic acids is 3. The highest BCUT2D eigenvalue weighted by atomic mass is 19.4.